The van der Waals surface area contributed by atoms with Gasteiger partial charge in [-0.05, 0) is 67.7 Å². The summed E-state index contributed by atoms with van der Waals surface area (Å²) in [6, 6.07) is 14.5. The first-order chi connectivity index (χ1) is 16.5. The molecule has 1 aliphatic rings. The molecule has 4 rings (SSSR count). The van der Waals surface area contributed by atoms with Gasteiger partial charge in [-0.25, -0.2) is 19.2 Å². The monoisotopic (exact) mass is 483 g/mol. The Bertz CT molecular complexity index is 1160. The number of nitrogens with one attached hydrogen (secondary N) is 2. The molecule has 6 nitrogen and oxygen atoms in total. The first-order valence-corrected chi connectivity index (χ1v) is 11.3. The van der Waals surface area contributed by atoms with E-state index in [4.69, 9.17) is 11.6 Å². The molecule has 0 unspecified atom stereocenters. The van der Waals surface area contributed by atoms with Crippen LogP contribution in [0.15, 0.2) is 65.9 Å². The number of hydrogen-bond donors (Lipinski definition) is 2. The van der Waals surface area contributed by atoms with Crippen LogP contribution in [0.4, 0.5) is 20.2 Å². The normalized spacial score (nSPS) is 14.9. The number of carbonyl (C=O) groups excluding carboxylic acids is 1. The van der Waals surface area contributed by atoms with E-state index >= 15 is 0 Å². The Hall–Kier alpha value is -3.36. The molecule has 0 saturated carbocycles. The number of halogens is 3. The number of piperidine rings is 1. The van der Waals surface area contributed by atoms with Crippen LogP contribution >= 0.6 is 11.6 Å². The Balaban J connectivity index is 1.22. The van der Waals surface area contributed by atoms with Crippen molar-refractivity contribution in [2.75, 3.05) is 18.4 Å². The minimum absolute atomic E-state index is 0.197. The van der Waals surface area contributed by atoms with Crippen LogP contribution in [0, 0.1) is 17.6 Å². The molecule has 176 valence electrons. The van der Waals surface area contributed by atoms with Crippen molar-refractivity contribution >= 4 is 35.1 Å². The van der Waals surface area contributed by atoms with E-state index in [-0.39, 0.29) is 5.69 Å². The minimum Gasteiger partial charge on any atom is -0.354 e. The maximum absolute atomic E-state index is 13.3. The van der Waals surface area contributed by atoms with Crippen molar-refractivity contribution in [1.29, 1.82) is 0 Å². The van der Waals surface area contributed by atoms with E-state index in [1.54, 1.807) is 12.3 Å². The zero-order chi connectivity index (χ0) is 23.9. The van der Waals surface area contributed by atoms with Crippen molar-refractivity contribution in [1.82, 2.24) is 15.3 Å². The SMILES string of the molecule is O=C(NN=CC1CCN(Cc2ccccc2Cl)CC1)c1ccc(Nc2ccc(F)c(F)c2)cn1. The molecule has 3 aromatic rings. The fourth-order valence-electron chi connectivity index (χ4n) is 3.73. The summed E-state index contributed by atoms with van der Waals surface area (Å²) in [5.41, 5.74) is 4.75. The molecule has 1 aromatic heterocycles. The summed E-state index contributed by atoms with van der Waals surface area (Å²) in [4.78, 5) is 18.8. The van der Waals surface area contributed by atoms with Crippen LogP contribution in [0.3, 0.4) is 0 Å². The van der Waals surface area contributed by atoms with Gasteiger partial charge in [-0.2, -0.15) is 5.10 Å². The van der Waals surface area contributed by atoms with Crippen LogP contribution in [0.2, 0.25) is 5.02 Å². The number of benzene rings is 2. The number of amides is 1. The van der Waals surface area contributed by atoms with Crippen molar-refractivity contribution in [2.45, 2.75) is 19.4 Å². The summed E-state index contributed by atoms with van der Waals surface area (Å²) >= 11 is 6.25. The first kappa shape index (κ1) is 23.8. The van der Waals surface area contributed by atoms with Crippen LogP contribution in [0.25, 0.3) is 0 Å². The van der Waals surface area contributed by atoms with Gasteiger partial charge in [0.15, 0.2) is 11.6 Å². The number of anilines is 2. The molecule has 2 heterocycles. The van der Waals surface area contributed by atoms with E-state index in [0.717, 1.165) is 55.2 Å². The molecule has 2 N–H and O–H groups in total. The maximum Gasteiger partial charge on any atom is 0.289 e. The van der Waals surface area contributed by atoms with E-state index in [2.05, 4.69) is 25.7 Å². The van der Waals surface area contributed by atoms with Gasteiger partial charge in [0, 0.05) is 29.5 Å². The molecule has 9 heteroatoms. The van der Waals surface area contributed by atoms with Crippen molar-refractivity contribution < 1.29 is 13.6 Å². The molecule has 0 aliphatic carbocycles. The van der Waals surface area contributed by atoms with Gasteiger partial charge in [0.05, 0.1) is 11.9 Å². The first-order valence-electron chi connectivity index (χ1n) is 11.0. The van der Waals surface area contributed by atoms with E-state index in [1.165, 1.54) is 18.3 Å². The molecule has 0 bridgehead atoms. The van der Waals surface area contributed by atoms with Gasteiger partial charge in [0.1, 0.15) is 5.69 Å². The third kappa shape index (κ3) is 6.36. The second kappa shape index (κ2) is 11.2. The zero-order valence-electron chi connectivity index (χ0n) is 18.3. The highest BCUT2D eigenvalue weighted by Gasteiger charge is 2.18. The van der Waals surface area contributed by atoms with E-state index < -0.39 is 17.5 Å². The standard InChI is InChI=1S/C25H24ClF2N5O/c26-21-4-2-1-3-18(21)16-33-11-9-17(10-12-33)14-30-32-25(34)24-8-6-20(15-29-24)31-19-5-7-22(27)23(28)13-19/h1-8,13-15,17,31H,9-12,16H2,(H,32,34). The Labute approximate surface area is 201 Å². The van der Waals surface area contributed by atoms with Gasteiger partial charge in [-0.15, -0.1) is 0 Å². The highest BCUT2D eigenvalue weighted by molar-refractivity contribution is 6.31. The van der Waals surface area contributed by atoms with Crippen LogP contribution in [0.5, 0.6) is 0 Å². The van der Waals surface area contributed by atoms with Crippen molar-refractivity contribution in [3.8, 4) is 0 Å². The average Bonchev–Trinajstić information content (AvgIpc) is 2.84. The van der Waals surface area contributed by atoms with Gasteiger partial charge in [-0.3, -0.25) is 9.69 Å². The van der Waals surface area contributed by atoms with Gasteiger partial charge in [0.2, 0.25) is 0 Å². The van der Waals surface area contributed by atoms with Crippen LogP contribution in [0.1, 0.15) is 28.9 Å². The summed E-state index contributed by atoms with van der Waals surface area (Å²) in [5, 5.41) is 7.80. The van der Waals surface area contributed by atoms with Gasteiger partial charge in [0.25, 0.3) is 5.91 Å². The van der Waals surface area contributed by atoms with E-state index in [1.807, 2.05) is 24.3 Å². The molecular weight excluding hydrogens is 460 g/mol. The van der Waals surface area contributed by atoms with Crippen LogP contribution in [-0.4, -0.2) is 35.1 Å². The third-order valence-electron chi connectivity index (χ3n) is 5.64. The minimum atomic E-state index is -0.946. The second-order valence-corrected chi connectivity index (χ2v) is 8.52. The van der Waals surface area contributed by atoms with Gasteiger partial charge >= 0.3 is 0 Å². The predicted molar refractivity (Wildman–Crippen MR) is 129 cm³/mol. The number of rotatable bonds is 7. The molecular formula is C25H24ClF2N5O. The molecule has 1 fully saturated rings. The van der Waals surface area contributed by atoms with Crippen LogP contribution < -0.4 is 10.7 Å². The largest absolute Gasteiger partial charge is 0.354 e. The fourth-order valence-corrected chi connectivity index (χ4v) is 3.92. The summed E-state index contributed by atoms with van der Waals surface area (Å²) < 4.78 is 26.4. The number of likely N-dealkylation sites (tertiary alicyclic amines) is 1. The van der Waals surface area contributed by atoms with Crippen molar-refractivity contribution in [2.24, 2.45) is 11.0 Å². The number of hydrogen-bond acceptors (Lipinski definition) is 5. The van der Waals surface area contributed by atoms with Crippen molar-refractivity contribution in [3.63, 3.8) is 0 Å². The number of aromatic nitrogens is 1. The Morgan fingerprint density at radius 2 is 1.85 bits per heavy atom. The highest BCUT2D eigenvalue weighted by Crippen LogP contribution is 2.22. The summed E-state index contributed by atoms with van der Waals surface area (Å²) in [7, 11) is 0. The summed E-state index contributed by atoms with van der Waals surface area (Å²) in [6.45, 7) is 2.69. The second-order valence-electron chi connectivity index (χ2n) is 8.11. The smallest absolute Gasteiger partial charge is 0.289 e. The maximum atomic E-state index is 13.3. The number of pyridine rings is 1. The summed E-state index contributed by atoms with van der Waals surface area (Å²) in [5.74, 6) is -2.00. The third-order valence-corrected chi connectivity index (χ3v) is 6.01. The molecule has 1 amide bonds. The van der Waals surface area contributed by atoms with Crippen molar-refractivity contribution in [3.05, 3.63) is 88.7 Å². The lowest BCUT2D eigenvalue weighted by atomic mass is 9.98. The Kier molecular flexibility index (Phi) is 7.82. The number of nitrogens with zero attached hydrogens (tertiary/aromatic N) is 3. The average molecular weight is 484 g/mol. The van der Waals surface area contributed by atoms with E-state index in [9.17, 15) is 13.6 Å². The number of carbonyl (C=O) groups is 1. The fraction of sp³-hybridized carbons (Fsp3) is 0.240. The zero-order valence-corrected chi connectivity index (χ0v) is 19.1. The molecule has 1 aliphatic heterocycles. The Morgan fingerprint density at radius 1 is 1.09 bits per heavy atom. The predicted octanol–water partition coefficient (Wildman–Crippen LogP) is 5.38. The quantitative estimate of drug-likeness (QED) is 0.349. The molecule has 0 atom stereocenters. The lowest BCUT2D eigenvalue weighted by molar-refractivity contribution is 0.0950. The Morgan fingerprint density at radius 3 is 2.56 bits per heavy atom. The van der Waals surface area contributed by atoms with Gasteiger partial charge in [-0.1, -0.05) is 29.8 Å². The van der Waals surface area contributed by atoms with Gasteiger partial charge < -0.3 is 5.32 Å². The lowest BCUT2D eigenvalue weighted by Gasteiger charge is -2.30. The molecule has 0 spiro atoms. The lowest BCUT2D eigenvalue weighted by Crippen LogP contribution is -2.34. The molecule has 1 saturated heterocycles. The number of hydrazone groups is 1. The topological polar surface area (TPSA) is 69.6 Å². The molecule has 2 aromatic carbocycles. The summed E-state index contributed by atoms with van der Waals surface area (Å²) in [6.07, 6.45) is 5.12. The molecule has 0 radical (unpaired) electrons. The highest BCUT2D eigenvalue weighted by atomic mass is 35.5. The van der Waals surface area contributed by atoms with Crippen LogP contribution in [-0.2, 0) is 6.54 Å². The molecule has 34 heavy (non-hydrogen) atoms. The van der Waals surface area contributed by atoms with E-state index in [0.29, 0.717) is 17.3 Å².